The molecule has 0 aliphatic carbocycles. The monoisotopic (exact) mass is 298 g/mol. The lowest BCUT2D eigenvalue weighted by Crippen LogP contribution is -2.46. The zero-order valence-electron chi connectivity index (χ0n) is 13.0. The molecule has 1 aromatic rings. The minimum absolute atomic E-state index is 0.0534. The molecule has 0 aromatic heterocycles. The van der Waals surface area contributed by atoms with Crippen LogP contribution in [0.15, 0.2) is 24.3 Å². The predicted octanol–water partition coefficient (Wildman–Crippen LogP) is 2.90. The summed E-state index contributed by atoms with van der Waals surface area (Å²) in [6, 6.07) is 7.04. The van der Waals surface area contributed by atoms with Crippen molar-refractivity contribution >= 4 is 15.7 Å². The van der Waals surface area contributed by atoms with Gasteiger partial charge in [0, 0.05) is 11.2 Å². The highest BCUT2D eigenvalue weighted by Crippen LogP contribution is 2.27. The summed E-state index contributed by atoms with van der Waals surface area (Å²) in [6.45, 7) is 10.1. The highest BCUT2D eigenvalue weighted by atomic mass is 32.2. The summed E-state index contributed by atoms with van der Waals surface area (Å²) in [5.74, 6) is -0.0900. The summed E-state index contributed by atoms with van der Waals surface area (Å²) >= 11 is 0. The van der Waals surface area contributed by atoms with Gasteiger partial charge in [0.25, 0.3) is 0 Å². The molecule has 0 heterocycles. The van der Waals surface area contributed by atoms with Crippen LogP contribution in [0.2, 0.25) is 0 Å². The maximum absolute atomic E-state index is 12.3. The van der Waals surface area contributed by atoms with Gasteiger partial charge in [-0.25, -0.2) is 13.1 Å². The molecule has 4 nitrogen and oxygen atoms in total. The van der Waals surface area contributed by atoms with Crippen LogP contribution >= 0.6 is 0 Å². The molecule has 0 radical (unpaired) electrons. The Morgan fingerprint density at radius 2 is 1.65 bits per heavy atom. The van der Waals surface area contributed by atoms with Crippen molar-refractivity contribution in [3.8, 4) is 0 Å². The molecule has 0 aliphatic heterocycles. The summed E-state index contributed by atoms with van der Waals surface area (Å²) in [6.07, 6.45) is 0.753. The molecule has 0 amide bonds. The largest absolute Gasteiger partial charge is 0.398 e. The smallest absolute Gasteiger partial charge is 0.216 e. The second-order valence-electron chi connectivity index (χ2n) is 7.18. The number of nitrogen functional groups attached to an aromatic ring is 1. The van der Waals surface area contributed by atoms with E-state index in [1.165, 1.54) is 0 Å². The number of nitrogens with one attached hydrogen (secondary N) is 1. The highest BCUT2D eigenvalue weighted by molar-refractivity contribution is 7.88. The maximum atomic E-state index is 12.3. The van der Waals surface area contributed by atoms with Crippen LogP contribution in [0.3, 0.4) is 0 Å². The van der Waals surface area contributed by atoms with Gasteiger partial charge in [-0.2, -0.15) is 0 Å². The summed E-state index contributed by atoms with van der Waals surface area (Å²) in [4.78, 5) is 0. The molecule has 0 saturated heterocycles. The van der Waals surface area contributed by atoms with Crippen molar-refractivity contribution in [2.75, 3.05) is 5.73 Å². The number of hydrogen-bond donors (Lipinski definition) is 2. The van der Waals surface area contributed by atoms with Crippen LogP contribution in [0.25, 0.3) is 0 Å². The van der Waals surface area contributed by atoms with Gasteiger partial charge in [-0.15, -0.1) is 0 Å². The SMILES string of the molecule is CC(C)(C)CC(C)(C)NS(=O)(=O)Cc1ccccc1N. The fraction of sp³-hybridized carbons (Fsp3) is 0.600. The van der Waals surface area contributed by atoms with E-state index in [1.54, 1.807) is 24.3 Å². The normalized spacial score (nSPS) is 13.4. The molecular weight excluding hydrogens is 272 g/mol. The maximum Gasteiger partial charge on any atom is 0.216 e. The van der Waals surface area contributed by atoms with Crippen molar-refractivity contribution in [1.82, 2.24) is 4.72 Å². The van der Waals surface area contributed by atoms with E-state index in [9.17, 15) is 8.42 Å². The van der Waals surface area contributed by atoms with E-state index in [-0.39, 0.29) is 11.2 Å². The molecule has 0 unspecified atom stereocenters. The van der Waals surface area contributed by atoms with E-state index >= 15 is 0 Å². The number of sulfonamides is 1. The average Bonchev–Trinajstić information content (AvgIpc) is 2.15. The van der Waals surface area contributed by atoms with Crippen LogP contribution in [-0.2, 0) is 15.8 Å². The third-order valence-corrected chi connectivity index (χ3v) is 4.36. The summed E-state index contributed by atoms with van der Waals surface area (Å²) in [5, 5.41) is 0. The van der Waals surface area contributed by atoms with Crippen LogP contribution in [0.1, 0.15) is 46.6 Å². The molecular formula is C15H26N2O2S. The highest BCUT2D eigenvalue weighted by Gasteiger charge is 2.29. The first-order chi connectivity index (χ1) is 8.90. The zero-order valence-corrected chi connectivity index (χ0v) is 13.8. The first-order valence-corrected chi connectivity index (χ1v) is 8.41. The lowest BCUT2D eigenvalue weighted by atomic mass is 9.82. The predicted molar refractivity (Wildman–Crippen MR) is 84.8 cm³/mol. The molecule has 20 heavy (non-hydrogen) atoms. The number of benzene rings is 1. The minimum atomic E-state index is -3.42. The van der Waals surface area contributed by atoms with Gasteiger partial charge < -0.3 is 5.73 Å². The van der Waals surface area contributed by atoms with Gasteiger partial charge in [0.2, 0.25) is 10.0 Å². The first kappa shape index (κ1) is 17.0. The van der Waals surface area contributed by atoms with Crippen LogP contribution < -0.4 is 10.5 Å². The van der Waals surface area contributed by atoms with E-state index in [1.807, 2.05) is 13.8 Å². The quantitative estimate of drug-likeness (QED) is 0.821. The Morgan fingerprint density at radius 1 is 1.10 bits per heavy atom. The lowest BCUT2D eigenvalue weighted by Gasteiger charge is -2.33. The van der Waals surface area contributed by atoms with Gasteiger partial charge >= 0.3 is 0 Å². The Balaban J connectivity index is 2.83. The fourth-order valence-electron chi connectivity index (χ4n) is 2.69. The molecule has 0 saturated carbocycles. The van der Waals surface area contributed by atoms with Crippen molar-refractivity contribution in [2.24, 2.45) is 5.41 Å². The third-order valence-electron chi connectivity index (χ3n) is 2.80. The molecule has 0 aliphatic rings. The molecule has 1 rings (SSSR count). The molecule has 0 atom stereocenters. The van der Waals surface area contributed by atoms with Crippen LogP contribution in [-0.4, -0.2) is 14.0 Å². The molecule has 1 aromatic carbocycles. The Hall–Kier alpha value is -1.07. The van der Waals surface area contributed by atoms with Gasteiger partial charge in [0.15, 0.2) is 0 Å². The summed E-state index contributed by atoms with van der Waals surface area (Å²) in [7, 11) is -3.42. The van der Waals surface area contributed by atoms with Crippen molar-refractivity contribution in [3.63, 3.8) is 0 Å². The van der Waals surface area contributed by atoms with Crippen LogP contribution in [0, 0.1) is 5.41 Å². The van der Waals surface area contributed by atoms with Gasteiger partial charge in [0.1, 0.15) is 0 Å². The Labute approximate surface area is 122 Å². The second-order valence-corrected chi connectivity index (χ2v) is 8.90. The lowest BCUT2D eigenvalue weighted by molar-refractivity contribution is 0.269. The summed E-state index contributed by atoms with van der Waals surface area (Å²) < 4.78 is 27.4. The Bertz CT molecular complexity index is 557. The van der Waals surface area contributed by atoms with E-state index in [2.05, 4.69) is 25.5 Å². The number of hydrogen-bond acceptors (Lipinski definition) is 3. The molecule has 0 fully saturated rings. The standard InChI is InChI=1S/C15H26N2O2S/c1-14(2,3)11-15(4,5)17-20(18,19)10-12-8-6-7-9-13(12)16/h6-9,17H,10-11,16H2,1-5H3. The van der Waals surface area contributed by atoms with Crippen molar-refractivity contribution < 1.29 is 8.42 Å². The Kier molecular flexibility index (Phi) is 4.87. The summed E-state index contributed by atoms with van der Waals surface area (Å²) in [5.41, 5.74) is 6.51. The van der Waals surface area contributed by atoms with Crippen LogP contribution in [0.4, 0.5) is 5.69 Å². The Morgan fingerprint density at radius 3 is 2.15 bits per heavy atom. The molecule has 0 bridgehead atoms. The first-order valence-electron chi connectivity index (χ1n) is 6.75. The van der Waals surface area contributed by atoms with Gasteiger partial charge in [-0.05, 0) is 37.3 Å². The molecule has 5 heteroatoms. The van der Waals surface area contributed by atoms with E-state index in [4.69, 9.17) is 5.73 Å². The molecule has 3 N–H and O–H groups in total. The van der Waals surface area contributed by atoms with E-state index in [0.717, 1.165) is 6.42 Å². The number of rotatable bonds is 5. The number of nitrogens with two attached hydrogens (primary N) is 1. The van der Waals surface area contributed by atoms with Crippen LogP contribution in [0.5, 0.6) is 0 Å². The van der Waals surface area contributed by atoms with Crippen molar-refractivity contribution in [1.29, 1.82) is 0 Å². The number of para-hydroxylation sites is 1. The van der Waals surface area contributed by atoms with Gasteiger partial charge in [-0.3, -0.25) is 0 Å². The van der Waals surface area contributed by atoms with E-state index in [0.29, 0.717) is 11.3 Å². The third kappa shape index (κ3) is 5.92. The van der Waals surface area contributed by atoms with Gasteiger partial charge in [0.05, 0.1) is 5.75 Å². The topological polar surface area (TPSA) is 72.2 Å². The minimum Gasteiger partial charge on any atom is -0.398 e. The van der Waals surface area contributed by atoms with Crippen molar-refractivity contribution in [2.45, 2.75) is 52.3 Å². The molecule has 0 spiro atoms. The fourth-order valence-corrected chi connectivity index (χ4v) is 4.35. The van der Waals surface area contributed by atoms with Crippen molar-refractivity contribution in [3.05, 3.63) is 29.8 Å². The molecule has 114 valence electrons. The zero-order chi connectivity index (χ0) is 15.6. The second kappa shape index (κ2) is 5.74. The van der Waals surface area contributed by atoms with E-state index < -0.39 is 15.6 Å². The number of anilines is 1. The average molecular weight is 298 g/mol. The van der Waals surface area contributed by atoms with Gasteiger partial charge in [-0.1, -0.05) is 39.0 Å².